The third-order valence-corrected chi connectivity index (χ3v) is 4.12. The van der Waals surface area contributed by atoms with Crippen LogP contribution in [0.25, 0.3) is 0 Å². The Morgan fingerprint density at radius 3 is 2.50 bits per heavy atom. The highest BCUT2D eigenvalue weighted by Crippen LogP contribution is 2.30. The molecule has 5 nitrogen and oxygen atoms in total. The van der Waals surface area contributed by atoms with Gasteiger partial charge in [0.25, 0.3) is 5.91 Å². The zero-order valence-electron chi connectivity index (χ0n) is 13.6. The Hall–Kier alpha value is -1.46. The van der Waals surface area contributed by atoms with E-state index in [0.717, 1.165) is 25.1 Å². The smallest absolute Gasteiger partial charge is 0.251 e. The molecule has 2 atom stereocenters. The van der Waals surface area contributed by atoms with Gasteiger partial charge in [0.1, 0.15) is 0 Å². The Morgan fingerprint density at radius 1 is 1.27 bits per heavy atom. The fraction of sp³-hybridized carbons (Fsp3) is 0.562. The maximum absolute atomic E-state index is 12.5. The number of benzene rings is 1. The standard InChI is InChI=1S/C16H24N2O3.ClH/c1-10-5-6-17-9-13(10)18-16(19)12-8-15(21-4)14(20-3)7-11(12)2;/h7-8,10,13,17H,5-6,9H2,1-4H3,(H,18,19);1H. The quantitative estimate of drug-likeness (QED) is 0.889. The molecule has 1 aliphatic heterocycles. The van der Waals surface area contributed by atoms with Gasteiger partial charge in [-0.25, -0.2) is 0 Å². The topological polar surface area (TPSA) is 59.6 Å². The summed E-state index contributed by atoms with van der Waals surface area (Å²) < 4.78 is 10.5. The molecular formula is C16H25ClN2O3. The number of aryl methyl sites for hydroxylation is 1. The van der Waals surface area contributed by atoms with Crippen molar-refractivity contribution < 1.29 is 14.3 Å². The summed E-state index contributed by atoms with van der Waals surface area (Å²) in [5, 5.41) is 6.43. The fourth-order valence-corrected chi connectivity index (χ4v) is 2.65. The molecular weight excluding hydrogens is 304 g/mol. The summed E-state index contributed by atoms with van der Waals surface area (Å²) in [4.78, 5) is 12.5. The van der Waals surface area contributed by atoms with Crippen molar-refractivity contribution in [2.75, 3.05) is 27.3 Å². The predicted octanol–water partition coefficient (Wildman–Crippen LogP) is 2.16. The number of halogens is 1. The van der Waals surface area contributed by atoms with Crippen LogP contribution >= 0.6 is 12.4 Å². The Kier molecular flexibility index (Phi) is 6.97. The second-order valence-corrected chi connectivity index (χ2v) is 5.57. The largest absolute Gasteiger partial charge is 0.493 e. The lowest BCUT2D eigenvalue weighted by molar-refractivity contribution is 0.0914. The summed E-state index contributed by atoms with van der Waals surface area (Å²) in [5.41, 5.74) is 1.51. The number of ether oxygens (including phenoxy) is 2. The molecule has 0 spiro atoms. The first-order valence-corrected chi connectivity index (χ1v) is 7.31. The lowest BCUT2D eigenvalue weighted by Crippen LogP contribution is -2.50. The number of piperidine rings is 1. The van der Waals surface area contributed by atoms with Crippen LogP contribution in [0.4, 0.5) is 0 Å². The van der Waals surface area contributed by atoms with Gasteiger partial charge < -0.3 is 20.1 Å². The summed E-state index contributed by atoms with van der Waals surface area (Å²) in [7, 11) is 3.16. The molecule has 1 heterocycles. The Morgan fingerprint density at radius 2 is 1.91 bits per heavy atom. The van der Waals surface area contributed by atoms with E-state index in [9.17, 15) is 4.79 Å². The molecule has 6 heteroatoms. The van der Waals surface area contributed by atoms with Gasteiger partial charge in [-0.15, -0.1) is 12.4 Å². The van der Waals surface area contributed by atoms with Gasteiger partial charge in [0.05, 0.1) is 14.2 Å². The molecule has 22 heavy (non-hydrogen) atoms. The van der Waals surface area contributed by atoms with E-state index in [2.05, 4.69) is 17.6 Å². The molecule has 124 valence electrons. The predicted molar refractivity (Wildman–Crippen MR) is 89.4 cm³/mol. The van der Waals surface area contributed by atoms with Gasteiger partial charge in [-0.1, -0.05) is 6.92 Å². The number of methoxy groups -OCH3 is 2. The summed E-state index contributed by atoms with van der Waals surface area (Å²) in [6, 6.07) is 3.74. The van der Waals surface area contributed by atoms with Gasteiger partial charge in [-0.05, 0) is 43.5 Å². The molecule has 0 aliphatic carbocycles. The zero-order valence-corrected chi connectivity index (χ0v) is 14.4. The van der Waals surface area contributed by atoms with Crippen LogP contribution in [0.1, 0.15) is 29.3 Å². The van der Waals surface area contributed by atoms with E-state index in [1.807, 2.05) is 13.0 Å². The van der Waals surface area contributed by atoms with Gasteiger partial charge in [-0.2, -0.15) is 0 Å². The van der Waals surface area contributed by atoms with Crippen molar-refractivity contribution in [1.29, 1.82) is 0 Å². The molecule has 1 amide bonds. The molecule has 0 bridgehead atoms. The number of carbonyl (C=O) groups excluding carboxylic acids is 1. The number of carbonyl (C=O) groups is 1. The van der Waals surface area contributed by atoms with Crippen LogP contribution < -0.4 is 20.1 Å². The van der Waals surface area contributed by atoms with Crippen molar-refractivity contribution in [3.05, 3.63) is 23.3 Å². The molecule has 1 saturated heterocycles. The van der Waals surface area contributed by atoms with Gasteiger partial charge in [0, 0.05) is 18.2 Å². The Bertz CT molecular complexity index is 522. The first-order chi connectivity index (χ1) is 10.1. The molecule has 2 N–H and O–H groups in total. The summed E-state index contributed by atoms with van der Waals surface area (Å²) in [5.74, 6) is 1.63. The normalized spacial score (nSPS) is 20.7. The van der Waals surface area contributed by atoms with E-state index in [4.69, 9.17) is 9.47 Å². The molecule has 1 aromatic rings. The average Bonchev–Trinajstić information content (AvgIpc) is 2.49. The van der Waals surface area contributed by atoms with Crippen LogP contribution in [0.15, 0.2) is 12.1 Å². The molecule has 2 rings (SSSR count). The van der Waals surface area contributed by atoms with Gasteiger partial charge >= 0.3 is 0 Å². The first-order valence-electron chi connectivity index (χ1n) is 7.31. The van der Waals surface area contributed by atoms with Gasteiger partial charge in [0.15, 0.2) is 11.5 Å². The summed E-state index contributed by atoms with van der Waals surface area (Å²) in [6.07, 6.45) is 1.08. The molecule has 1 aromatic carbocycles. The highest BCUT2D eigenvalue weighted by atomic mass is 35.5. The molecule has 0 aromatic heterocycles. The monoisotopic (exact) mass is 328 g/mol. The molecule has 1 fully saturated rings. The number of hydrogen-bond donors (Lipinski definition) is 2. The van der Waals surface area contributed by atoms with Gasteiger partial charge in [0.2, 0.25) is 0 Å². The Labute approximate surface area is 138 Å². The van der Waals surface area contributed by atoms with Gasteiger partial charge in [-0.3, -0.25) is 4.79 Å². The lowest BCUT2D eigenvalue weighted by atomic mass is 9.94. The van der Waals surface area contributed by atoms with Crippen molar-refractivity contribution in [3.63, 3.8) is 0 Å². The van der Waals surface area contributed by atoms with Crippen molar-refractivity contribution >= 4 is 18.3 Å². The second kappa shape index (κ2) is 8.25. The number of nitrogens with one attached hydrogen (secondary N) is 2. The van der Waals surface area contributed by atoms with E-state index in [-0.39, 0.29) is 24.4 Å². The maximum Gasteiger partial charge on any atom is 0.251 e. The fourth-order valence-electron chi connectivity index (χ4n) is 2.65. The van der Waals surface area contributed by atoms with E-state index < -0.39 is 0 Å². The van der Waals surface area contributed by atoms with Crippen molar-refractivity contribution in [3.8, 4) is 11.5 Å². The minimum atomic E-state index is -0.0611. The number of hydrogen-bond acceptors (Lipinski definition) is 4. The lowest BCUT2D eigenvalue weighted by Gasteiger charge is -2.30. The third kappa shape index (κ3) is 4.05. The first kappa shape index (κ1) is 18.6. The van der Waals surface area contributed by atoms with E-state index in [1.165, 1.54) is 0 Å². The SMILES string of the molecule is COc1cc(C)c(C(=O)NC2CNCCC2C)cc1OC.Cl. The highest BCUT2D eigenvalue weighted by Gasteiger charge is 2.24. The van der Waals surface area contributed by atoms with E-state index in [1.54, 1.807) is 20.3 Å². The average molecular weight is 329 g/mol. The number of amides is 1. The number of rotatable bonds is 4. The summed E-state index contributed by atoms with van der Waals surface area (Å²) in [6.45, 7) is 5.91. The maximum atomic E-state index is 12.5. The van der Waals surface area contributed by atoms with E-state index in [0.29, 0.717) is 23.0 Å². The van der Waals surface area contributed by atoms with Crippen LogP contribution in [-0.4, -0.2) is 39.3 Å². The molecule has 0 radical (unpaired) electrons. The van der Waals surface area contributed by atoms with Crippen LogP contribution in [0, 0.1) is 12.8 Å². The Balaban J connectivity index is 0.00000242. The van der Waals surface area contributed by atoms with Crippen LogP contribution in [-0.2, 0) is 0 Å². The highest BCUT2D eigenvalue weighted by molar-refractivity contribution is 5.96. The van der Waals surface area contributed by atoms with E-state index >= 15 is 0 Å². The van der Waals surface area contributed by atoms with Crippen LogP contribution in [0.3, 0.4) is 0 Å². The minimum Gasteiger partial charge on any atom is -0.493 e. The summed E-state index contributed by atoms with van der Waals surface area (Å²) >= 11 is 0. The minimum absolute atomic E-state index is 0. The van der Waals surface area contributed by atoms with Crippen LogP contribution in [0.5, 0.6) is 11.5 Å². The van der Waals surface area contributed by atoms with Crippen molar-refractivity contribution in [2.24, 2.45) is 5.92 Å². The molecule has 1 aliphatic rings. The van der Waals surface area contributed by atoms with Crippen molar-refractivity contribution in [2.45, 2.75) is 26.3 Å². The zero-order chi connectivity index (χ0) is 15.4. The van der Waals surface area contributed by atoms with Crippen molar-refractivity contribution in [1.82, 2.24) is 10.6 Å². The second-order valence-electron chi connectivity index (χ2n) is 5.57. The molecule has 0 saturated carbocycles. The third-order valence-electron chi connectivity index (χ3n) is 4.12. The van der Waals surface area contributed by atoms with Crippen LogP contribution in [0.2, 0.25) is 0 Å². The molecule has 2 unspecified atom stereocenters.